The minimum atomic E-state index is -1.40. The van der Waals surface area contributed by atoms with E-state index in [4.69, 9.17) is 4.74 Å². The van der Waals surface area contributed by atoms with Crippen molar-refractivity contribution in [3.63, 3.8) is 0 Å². The lowest BCUT2D eigenvalue weighted by molar-refractivity contribution is -0.131. The van der Waals surface area contributed by atoms with E-state index in [2.05, 4.69) is 5.32 Å². The van der Waals surface area contributed by atoms with Crippen molar-refractivity contribution in [3.8, 4) is 0 Å². The second-order valence-corrected chi connectivity index (χ2v) is 4.63. The van der Waals surface area contributed by atoms with Crippen LogP contribution in [0.3, 0.4) is 0 Å². The Balaban J connectivity index is 2.33. The standard InChI is InChI=1S/C13H14F2N2O3/c1-13(8-3-4-9(14)10(15)7-8)11(18)17(5-6-20-2)12(19)16-13/h3-4,7H,5-6H2,1-2H3,(H,16,19)/t13-/m1/s1. The van der Waals surface area contributed by atoms with Gasteiger partial charge in [0.1, 0.15) is 5.54 Å². The zero-order chi connectivity index (χ0) is 14.9. The molecule has 0 bridgehead atoms. The van der Waals surface area contributed by atoms with Crippen molar-refractivity contribution in [1.82, 2.24) is 10.2 Å². The molecule has 0 aliphatic carbocycles. The van der Waals surface area contributed by atoms with Crippen LogP contribution in [-0.2, 0) is 15.1 Å². The van der Waals surface area contributed by atoms with E-state index in [1.165, 1.54) is 20.1 Å². The molecule has 1 heterocycles. The highest BCUT2D eigenvalue weighted by Crippen LogP contribution is 2.29. The third-order valence-corrected chi connectivity index (χ3v) is 3.29. The quantitative estimate of drug-likeness (QED) is 0.850. The molecule has 5 nitrogen and oxygen atoms in total. The molecule has 2 rings (SSSR count). The highest BCUT2D eigenvalue weighted by molar-refractivity contribution is 6.07. The summed E-state index contributed by atoms with van der Waals surface area (Å²) < 4.78 is 31.1. The molecule has 1 saturated heterocycles. The zero-order valence-electron chi connectivity index (χ0n) is 11.1. The van der Waals surface area contributed by atoms with Crippen molar-refractivity contribution in [2.75, 3.05) is 20.3 Å². The average Bonchev–Trinajstić information content (AvgIpc) is 2.62. The molecule has 1 N–H and O–H groups in total. The Labute approximate surface area is 114 Å². The molecule has 3 amide bonds. The monoisotopic (exact) mass is 284 g/mol. The van der Waals surface area contributed by atoms with Crippen LogP contribution in [0.4, 0.5) is 13.6 Å². The molecule has 0 saturated carbocycles. The Hall–Kier alpha value is -2.02. The fourth-order valence-electron chi connectivity index (χ4n) is 2.09. The maximum absolute atomic E-state index is 13.3. The number of ether oxygens (including phenoxy) is 1. The maximum atomic E-state index is 13.3. The number of carbonyl (C=O) groups is 2. The molecule has 7 heteroatoms. The first-order valence-corrected chi connectivity index (χ1v) is 5.98. The van der Waals surface area contributed by atoms with Crippen molar-refractivity contribution in [1.29, 1.82) is 0 Å². The van der Waals surface area contributed by atoms with Crippen LogP contribution in [0.1, 0.15) is 12.5 Å². The van der Waals surface area contributed by atoms with Gasteiger partial charge in [0.15, 0.2) is 11.6 Å². The van der Waals surface area contributed by atoms with E-state index in [1.807, 2.05) is 0 Å². The minimum absolute atomic E-state index is 0.0977. The van der Waals surface area contributed by atoms with Gasteiger partial charge >= 0.3 is 6.03 Å². The molecule has 1 aliphatic rings. The molecule has 1 atom stereocenters. The van der Waals surface area contributed by atoms with Gasteiger partial charge < -0.3 is 10.1 Å². The van der Waals surface area contributed by atoms with Crippen molar-refractivity contribution in [2.45, 2.75) is 12.5 Å². The van der Waals surface area contributed by atoms with Gasteiger partial charge in [-0.3, -0.25) is 9.69 Å². The van der Waals surface area contributed by atoms with E-state index < -0.39 is 29.1 Å². The second-order valence-electron chi connectivity index (χ2n) is 4.63. The van der Waals surface area contributed by atoms with E-state index >= 15 is 0 Å². The number of hydrogen-bond acceptors (Lipinski definition) is 3. The van der Waals surface area contributed by atoms with E-state index in [-0.39, 0.29) is 18.7 Å². The molecule has 1 aromatic carbocycles. The van der Waals surface area contributed by atoms with E-state index in [0.717, 1.165) is 17.0 Å². The number of carbonyl (C=O) groups excluding carboxylic acids is 2. The Morgan fingerprint density at radius 3 is 2.60 bits per heavy atom. The lowest BCUT2D eigenvalue weighted by atomic mass is 9.92. The summed E-state index contributed by atoms with van der Waals surface area (Å²) in [6.07, 6.45) is 0. The Morgan fingerprint density at radius 2 is 2.00 bits per heavy atom. The third kappa shape index (κ3) is 2.24. The Kier molecular flexibility index (Phi) is 3.71. The number of hydrogen-bond donors (Lipinski definition) is 1. The molecular weight excluding hydrogens is 270 g/mol. The van der Waals surface area contributed by atoms with Crippen molar-refractivity contribution in [2.24, 2.45) is 0 Å². The summed E-state index contributed by atoms with van der Waals surface area (Å²) in [5, 5.41) is 2.49. The van der Waals surface area contributed by atoms with E-state index in [1.54, 1.807) is 0 Å². The van der Waals surface area contributed by atoms with Crippen LogP contribution in [0.25, 0.3) is 0 Å². The molecule has 0 radical (unpaired) electrons. The lowest BCUT2D eigenvalue weighted by Gasteiger charge is -2.22. The highest BCUT2D eigenvalue weighted by Gasteiger charge is 2.48. The van der Waals surface area contributed by atoms with Crippen molar-refractivity contribution < 1.29 is 23.1 Å². The fourth-order valence-corrected chi connectivity index (χ4v) is 2.09. The van der Waals surface area contributed by atoms with Gasteiger partial charge in [0.2, 0.25) is 0 Å². The van der Waals surface area contributed by atoms with E-state index in [9.17, 15) is 18.4 Å². The van der Waals surface area contributed by atoms with Crippen LogP contribution in [0.5, 0.6) is 0 Å². The van der Waals surface area contributed by atoms with Crippen LogP contribution in [0, 0.1) is 11.6 Å². The molecule has 1 fully saturated rings. The molecule has 0 spiro atoms. The molecule has 0 aromatic heterocycles. The molecule has 108 valence electrons. The number of methoxy groups -OCH3 is 1. The fraction of sp³-hybridized carbons (Fsp3) is 0.385. The van der Waals surface area contributed by atoms with Crippen molar-refractivity contribution >= 4 is 11.9 Å². The first kappa shape index (κ1) is 14.4. The highest BCUT2D eigenvalue weighted by atomic mass is 19.2. The van der Waals surface area contributed by atoms with Crippen LogP contribution < -0.4 is 5.32 Å². The largest absolute Gasteiger partial charge is 0.383 e. The first-order chi connectivity index (χ1) is 9.40. The maximum Gasteiger partial charge on any atom is 0.325 e. The van der Waals surface area contributed by atoms with Crippen LogP contribution in [0.2, 0.25) is 0 Å². The summed E-state index contributed by atoms with van der Waals surface area (Å²) in [4.78, 5) is 25.1. The number of imide groups is 1. The Morgan fingerprint density at radius 1 is 1.30 bits per heavy atom. The topological polar surface area (TPSA) is 58.6 Å². The van der Waals surface area contributed by atoms with Gasteiger partial charge in [0.25, 0.3) is 5.91 Å². The SMILES string of the molecule is COCCN1C(=O)N[C@](C)(c2ccc(F)c(F)c2)C1=O. The number of benzene rings is 1. The molecule has 1 aliphatic heterocycles. The Bertz CT molecular complexity index is 565. The number of nitrogens with one attached hydrogen (secondary N) is 1. The number of nitrogens with zero attached hydrogens (tertiary/aromatic N) is 1. The number of rotatable bonds is 4. The summed E-state index contributed by atoms with van der Waals surface area (Å²) in [5.41, 5.74) is -1.21. The van der Waals surface area contributed by atoms with Gasteiger partial charge in [-0.1, -0.05) is 6.07 Å². The normalized spacial score (nSPS) is 22.3. The smallest absolute Gasteiger partial charge is 0.325 e. The summed E-state index contributed by atoms with van der Waals surface area (Å²) in [7, 11) is 1.45. The summed E-state index contributed by atoms with van der Waals surface area (Å²) in [6.45, 7) is 1.75. The van der Waals surface area contributed by atoms with Crippen molar-refractivity contribution in [3.05, 3.63) is 35.4 Å². The lowest BCUT2D eigenvalue weighted by Crippen LogP contribution is -2.41. The number of halogens is 2. The average molecular weight is 284 g/mol. The summed E-state index contributed by atoms with van der Waals surface area (Å²) in [5.74, 6) is -2.60. The third-order valence-electron chi connectivity index (χ3n) is 3.29. The molecular formula is C13H14F2N2O3. The van der Waals surface area contributed by atoms with Crippen LogP contribution in [-0.4, -0.2) is 37.1 Å². The van der Waals surface area contributed by atoms with Gasteiger partial charge in [0.05, 0.1) is 13.2 Å². The summed E-state index contributed by atoms with van der Waals surface area (Å²) in [6, 6.07) is 2.52. The van der Waals surface area contributed by atoms with Gasteiger partial charge in [0, 0.05) is 7.11 Å². The van der Waals surface area contributed by atoms with Crippen LogP contribution >= 0.6 is 0 Å². The predicted octanol–water partition coefficient (Wildman–Crippen LogP) is 1.38. The number of urea groups is 1. The molecule has 20 heavy (non-hydrogen) atoms. The van der Waals surface area contributed by atoms with Gasteiger partial charge in [-0.05, 0) is 24.6 Å². The van der Waals surface area contributed by atoms with E-state index in [0.29, 0.717) is 0 Å². The van der Waals surface area contributed by atoms with Gasteiger partial charge in [-0.2, -0.15) is 0 Å². The predicted molar refractivity (Wildman–Crippen MR) is 65.8 cm³/mol. The van der Waals surface area contributed by atoms with Crippen LogP contribution in [0.15, 0.2) is 18.2 Å². The zero-order valence-corrected chi connectivity index (χ0v) is 11.1. The molecule has 0 unspecified atom stereocenters. The summed E-state index contributed by atoms with van der Waals surface area (Å²) >= 11 is 0. The molecule has 1 aromatic rings. The number of amides is 3. The first-order valence-electron chi connectivity index (χ1n) is 5.98. The second kappa shape index (κ2) is 5.16. The minimum Gasteiger partial charge on any atom is -0.383 e. The van der Waals surface area contributed by atoms with Gasteiger partial charge in [-0.25, -0.2) is 13.6 Å². The van der Waals surface area contributed by atoms with Gasteiger partial charge in [-0.15, -0.1) is 0 Å².